The van der Waals surface area contributed by atoms with E-state index in [9.17, 15) is 4.79 Å². The van der Waals surface area contributed by atoms with Crippen molar-refractivity contribution in [3.8, 4) is 0 Å². The zero-order chi connectivity index (χ0) is 6.91. The van der Waals surface area contributed by atoms with E-state index >= 15 is 0 Å². The maximum Gasteiger partial charge on any atom is 0.259 e. The van der Waals surface area contributed by atoms with Crippen LogP contribution in [0.2, 0.25) is 0 Å². The fourth-order valence-electron chi connectivity index (χ4n) is 0.656. The van der Waals surface area contributed by atoms with Gasteiger partial charge in [-0.2, -0.15) is 0 Å². The molecule has 1 heterocycles. The van der Waals surface area contributed by atoms with Gasteiger partial charge in [0.1, 0.15) is 0 Å². The fourth-order valence-corrected chi connectivity index (χ4v) is 0.656. The van der Waals surface area contributed by atoms with Gasteiger partial charge < -0.3 is 10.1 Å². The number of hydrogen-bond donors (Lipinski definition) is 1. The van der Waals surface area contributed by atoms with Crippen molar-refractivity contribution in [3.05, 3.63) is 12.3 Å². The molecule has 0 aliphatic carbocycles. The highest BCUT2D eigenvalue weighted by atomic mass is 16.5. The van der Waals surface area contributed by atoms with E-state index in [1.165, 1.54) is 7.11 Å². The average molecular weight is 127 g/mol. The smallest absolute Gasteiger partial charge is 0.259 e. The quantitative estimate of drug-likeness (QED) is 0.540. The van der Waals surface area contributed by atoms with E-state index in [0.29, 0.717) is 0 Å². The molecule has 1 N–H and O–H groups in total. The molecule has 1 aliphatic heterocycles. The molecule has 0 bridgehead atoms. The van der Waals surface area contributed by atoms with E-state index in [-0.39, 0.29) is 5.91 Å². The molecule has 0 fully saturated rings. The summed E-state index contributed by atoms with van der Waals surface area (Å²) in [6, 6.07) is 0. The number of amides is 1. The van der Waals surface area contributed by atoms with Crippen molar-refractivity contribution in [2.45, 2.75) is 12.5 Å². The van der Waals surface area contributed by atoms with Gasteiger partial charge in [0.15, 0.2) is 5.60 Å². The minimum absolute atomic E-state index is 0.106. The highest BCUT2D eigenvalue weighted by Crippen LogP contribution is 2.14. The fraction of sp³-hybridized carbons (Fsp3) is 0.500. The highest BCUT2D eigenvalue weighted by Gasteiger charge is 2.32. The first kappa shape index (κ1) is 6.29. The molecule has 1 amide bonds. The van der Waals surface area contributed by atoms with E-state index in [1.807, 2.05) is 0 Å². The van der Waals surface area contributed by atoms with Gasteiger partial charge in [0, 0.05) is 13.3 Å². The summed E-state index contributed by atoms with van der Waals surface area (Å²) in [6.07, 6.45) is 3.28. The molecule has 0 aromatic rings. The summed E-state index contributed by atoms with van der Waals surface area (Å²) in [5.74, 6) is -0.106. The summed E-state index contributed by atoms with van der Waals surface area (Å²) in [5, 5.41) is 2.52. The second-order valence-electron chi connectivity index (χ2n) is 2.12. The first-order chi connectivity index (χ1) is 4.19. The normalized spacial score (nSPS) is 32.9. The van der Waals surface area contributed by atoms with Crippen LogP contribution in [0.5, 0.6) is 0 Å². The molecule has 50 valence electrons. The van der Waals surface area contributed by atoms with Crippen LogP contribution in [0.3, 0.4) is 0 Å². The summed E-state index contributed by atoms with van der Waals surface area (Å²) in [6.45, 7) is 1.71. The second-order valence-corrected chi connectivity index (χ2v) is 2.12. The van der Waals surface area contributed by atoms with Crippen molar-refractivity contribution in [2.75, 3.05) is 7.11 Å². The molecule has 0 spiro atoms. The van der Waals surface area contributed by atoms with Crippen LogP contribution in [0, 0.1) is 0 Å². The van der Waals surface area contributed by atoms with Crippen molar-refractivity contribution in [1.29, 1.82) is 0 Å². The molecule has 1 aliphatic rings. The first-order valence-electron chi connectivity index (χ1n) is 2.73. The Kier molecular flexibility index (Phi) is 1.29. The van der Waals surface area contributed by atoms with E-state index in [4.69, 9.17) is 4.74 Å². The first-order valence-corrected chi connectivity index (χ1v) is 2.73. The number of rotatable bonds is 1. The molecule has 0 saturated carbocycles. The molecule has 3 nitrogen and oxygen atoms in total. The number of ether oxygens (including phenoxy) is 1. The zero-order valence-electron chi connectivity index (χ0n) is 5.47. The molecule has 9 heavy (non-hydrogen) atoms. The number of carbonyl (C=O) groups excluding carboxylic acids is 1. The number of methoxy groups -OCH3 is 1. The molecule has 1 unspecified atom stereocenters. The van der Waals surface area contributed by atoms with Gasteiger partial charge in [0.2, 0.25) is 0 Å². The monoisotopic (exact) mass is 127 g/mol. The van der Waals surface area contributed by atoms with Gasteiger partial charge in [-0.1, -0.05) is 0 Å². The van der Waals surface area contributed by atoms with Gasteiger partial charge in [0.05, 0.1) is 0 Å². The molecule has 0 aromatic heterocycles. The predicted octanol–water partition coefficient (Wildman–Crippen LogP) is 0.0350. The minimum atomic E-state index is -0.736. The molecule has 0 saturated heterocycles. The lowest BCUT2D eigenvalue weighted by atomic mass is 10.1. The van der Waals surface area contributed by atoms with Crippen molar-refractivity contribution >= 4 is 5.91 Å². The maximum absolute atomic E-state index is 10.8. The van der Waals surface area contributed by atoms with Crippen LogP contribution < -0.4 is 5.32 Å². The Morgan fingerprint density at radius 2 is 2.44 bits per heavy atom. The largest absolute Gasteiger partial charge is 0.364 e. The Morgan fingerprint density at radius 1 is 1.78 bits per heavy atom. The van der Waals surface area contributed by atoms with Crippen LogP contribution >= 0.6 is 0 Å². The van der Waals surface area contributed by atoms with Gasteiger partial charge in [-0.3, -0.25) is 4.79 Å². The zero-order valence-corrected chi connectivity index (χ0v) is 5.47. The SMILES string of the molecule is COC1(C)C=CNC1=O. The van der Waals surface area contributed by atoms with Crippen LogP contribution in [0.1, 0.15) is 6.92 Å². The molecular formula is C6H9NO2. The van der Waals surface area contributed by atoms with Crippen LogP contribution in [-0.2, 0) is 9.53 Å². The Balaban J connectivity index is 2.78. The van der Waals surface area contributed by atoms with Crippen molar-refractivity contribution in [3.63, 3.8) is 0 Å². The third-order valence-electron chi connectivity index (χ3n) is 1.49. The summed E-state index contributed by atoms with van der Waals surface area (Å²) in [5.41, 5.74) is -0.736. The van der Waals surface area contributed by atoms with E-state index in [2.05, 4.69) is 5.32 Å². The van der Waals surface area contributed by atoms with Gasteiger partial charge in [0.25, 0.3) is 5.91 Å². The average Bonchev–Trinajstić information content (AvgIpc) is 2.15. The molecule has 0 radical (unpaired) electrons. The lowest BCUT2D eigenvalue weighted by Gasteiger charge is -2.15. The third-order valence-corrected chi connectivity index (χ3v) is 1.49. The second kappa shape index (κ2) is 1.84. The van der Waals surface area contributed by atoms with Crippen molar-refractivity contribution < 1.29 is 9.53 Å². The third kappa shape index (κ3) is 0.833. The number of hydrogen-bond acceptors (Lipinski definition) is 2. The topological polar surface area (TPSA) is 38.3 Å². The summed E-state index contributed by atoms with van der Waals surface area (Å²) in [7, 11) is 1.51. The van der Waals surface area contributed by atoms with Crippen LogP contribution in [0.4, 0.5) is 0 Å². The van der Waals surface area contributed by atoms with Gasteiger partial charge in [-0.15, -0.1) is 0 Å². The van der Waals surface area contributed by atoms with E-state index < -0.39 is 5.60 Å². The Morgan fingerprint density at radius 3 is 2.67 bits per heavy atom. The predicted molar refractivity (Wildman–Crippen MR) is 32.7 cm³/mol. The summed E-state index contributed by atoms with van der Waals surface area (Å²) >= 11 is 0. The number of carbonyl (C=O) groups is 1. The molecular weight excluding hydrogens is 118 g/mol. The van der Waals surface area contributed by atoms with Crippen LogP contribution in [0.25, 0.3) is 0 Å². The van der Waals surface area contributed by atoms with Gasteiger partial charge in [-0.05, 0) is 13.0 Å². The molecule has 1 rings (SSSR count). The van der Waals surface area contributed by atoms with Crippen LogP contribution in [-0.4, -0.2) is 18.6 Å². The van der Waals surface area contributed by atoms with Crippen LogP contribution in [0.15, 0.2) is 12.3 Å². The van der Waals surface area contributed by atoms with E-state index in [1.54, 1.807) is 19.2 Å². The van der Waals surface area contributed by atoms with Crippen molar-refractivity contribution in [2.24, 2.45) is 0 Å². The summed E-state index contributed by atoms with van der Waals surface area (Å²) in [4.78, 5) is 10.8. The minimum Gasteiger partial charge on any atom is -0.364 e. The lowest BCUT2D eigenvalue weighted by molar-refractivity contribution is -0.133. The van der Waals surface area contributed by atoms with E-state index in [0.717, 1.165) is 0 Å². The highest BCUT2D eigenvalue weighted by molar-refractivity contribution is 5.90. The summed E-state index contributed by atoms with van der Waals surface area (Å²) < 4.78 is 4.91. The molecule has 0 aromatic carbocycles. The van der Waals surface area contributed by atoms with Crippen molar-refractivity contribution in [1.82, 2.24) is 5.32 Å². The lowest BCUT2D eigenvalue weighted by Crippen LogP contribution is -2.37. The molecule has 3 heteroatoms. The Labute approximate surface area is 53.7 Å². The standard InChI is InChI=1S/C6H9NO2/c1-6(9-2)3-4-7-5(6)8/h3-4H,1-2H3,(H,7,8). The Hall–Kier alpha value is -0.830. The molecule has 1 atom stereocenters. The maximum atomic E-state index is 10.8. The van der Waals surface area contributed by atoms with Gasteiger partial charge in [-0.25, -0.2) is 0 Å². The van der Waals surface area contributed by atoms with Gasteiger partial charge >= 0.3 is 0 Å². The number of nitrogens with one attached hydrogen (secondary N) is 1. The Bertz CT molecular complexity index is 164.